The van der Waals surface area contributed by atoms with Gasteiger partial charge in [-0.1, -0.05) is 22.9 Å². The predicted molar refractivity (Wildman–Crippen MR) is 102 cm³/mol. The van der Waals surface area contributed by atoms with Gasteiger partial charge in [0, 0.05) is 6.61 Å². The van der Waals surface area contributed by atoms with Crippen molar-refractivity contribution >= 4 is 44.2 Å². The third kappa shape index (κ3) is 3.69. The molecular formula is C18H19ClN2O5S. The minimum Gasteiger partial charge on any atom is -0.494 e. The highest BCUT2D eigenvalue weighted by Gasteiger charge is 2.30. The fraction of sp³-hybridized carbons (Fsp3) is 0.444. The third-order valence-electron chi connectivity index (χ3n) is 4.41. The largest absolute Gasteiger partial charge is 0.494 e. The van der Waals surface area contributed by atoms with Gasteiger partial charge in [-0.15, -0.1) is 0 Å². The van der Waals surface area contributed by atoms with Gasteiger partial charge in [0.15, 0.2) is 5.13 Å². The maximum atomic E-state index is 13.1. The number of aromatic nitrogens is 1. The lowest BCUT2D eigenvalue weighted by atomic mass is 10.2. The maximum Gasteiger partial charge on any atom is 0.298 e. The van der Waals surface area contributed by atoms with Crippen molar-refractivity contribution in [3.8, 4) is 5.75 Å². The van der Waals surface area contributed by atoms with E-state index in [0.29, 0.717) is 47.8 Å². The molecule has 7 nitrogen and oxygen atoms in total. The van der Waals surface area contributed by atoms with E-state index in [1.54, 1.807) is 24.1 Å². The first kappa shape index (κ1) is 18.3. The Bertz CT molecular complexity index is 878. The summed E-state index contributed by atoms with van der Waals surface area (Å²) in [6.07, 6.45) is 3.20. The molecule has 1 atom stereocenters. The summed E-state index contributed by atoms with van der Waals surface area (Å²) < 4.78 is 22.6. The van der Waals surface area contributed by atoms with E-state index < -0.39 is 0 Å². The molecule has 0 radical (unpaired) electrons. The first-order chi connectivity index (χ1) is 13.2. The molecule has 2 aliphatic rings. The molecule has 1 aromatic carbocycles. The monoisotopic (exact) mass is 410 g/mol. The van der Waals surface area contributed by atoms with Crippen molar-refractivity contribution in [1.29, 1.82) is 0 Å². The second kappa shape index (κ2) is 7.92. The Morgan fingerprint density at radius 3 is 3.00 bits per heavy atom. The van der Waals surface area contributed by atoms with E-state index >= 15 is 0 Å². The van der Waals surface area contributed by atoms with Gasteiger partial charge in [-0.25, -0.2) is 4.98 Å². The lowest BCUT2D eigenvalue weighted by molar-refractivity contribution is -0.120. The van der Waals surface area contributed by atoms with Crippen LogP contribution in [-0.2, 0) is 19.0 Å². The molecule has 2 aromatic rings. The Hall–Kier alpha value is -2.03. The van der Waals surface area contributed by atoms with E-state index in [1.165, 1.54) is 17.6 Å². The van der Waals surface area contributed by atoms with E-state index in [2.05, 4.69) is 4.98 Å². The van der Waals surface area contributed by atoms with Crippen LogP contribution in [0.15, 0.2) is 24.2 Å². The van der Waals surface area contributed by atoms with Crippen LogP contribution in [0.2, 0.25) is 5.02 Å². The minimum atomic E-state index is -0.306. The number of methoxy groups -OCH3 is 1. The Balaban J connectivity index is 1.73. The fourth-order valence-electron chi connectivity index (χ4n) is 3.07. The summed E-state index contributed by atoms with van der Waals surface area (Å²) in [5.74, 6) is 0.466. The number of carbonyl (C=O) groups is 1. The smallest absolute Gasteiger partial charge is 0.298 e. The van der Waals surface area contributed by atoms with E-state index in [4.69, 9.17) is 30.5 Å². The van der Waals surface area contributed by atoms with Crippen LogP contribution in [0.3, 0.4) is 0 Å². The molecule has 3 heterocycles. The summed E-state index contributed by atoms with van der Waals surface area (Å²) in [5.41, 5.74) is 0.630. The molecule has 1 fully saturated rings. The van der Waals surface area contributed by atoms with Gasteiger partial charge in [0.25, 0.3) is 5.91 Å². The van der Waals surface area contributed by atoms with E-state index in [-0.39, 0.29) is 17.8 Å². The van der Waals surface area contributed by atoms with Crippen LogP contribution in [-0.4, -0.2) is 50.5 Å². The Labute approximate surface area is 165 Å². The summed E-state index contributed by atoms with van der Waals surface area (Å²) >= 11 is 7.67. The van der Waals surface area contributed by atoms with E-state index in [1.807, 2.05) is 0 Å². The number of nitrogens with zero attached hydrogens (tertiary/aromatic N) is 2. The minimum absolute atomic E-state index is 0.0385. The van der Waals surface area contributed by atoms with Crippen LogP contribution in [0.4, 0.5) is 5.13 Å². The molecule has 1 aromatic heterocycles. The van der Waals surface area contributed by atoms with Gasteiger partial charge in [0.1, 0.15) is 30.7 Å². The maximum absolute atomic E-state index is 13.1. The van der Waals surface area contributed by atoms with Crippen LogP contribution in [0, 0.1) is 0 Å². The number of hydrogen-bond donors (Lipinski definition) is 0. The van der Waals surface area contributed by atoms with Crippen LogP contribution < -0.4 is 9.64 Å². The highest BCUT2D eigenvalue weighted by atomic mass is 35.5. The lowest BCUT2D eigenvalue weighted by Crippen LogP contribution is -2.39. The number of fused-ring (bicyclic) bond motifs is 1. The van der Waals surface area contributed by atoms with Crippen LogP contribution in [0.25, 0.3) is 10.2 Å². The van der Waals surface area contributed by atoms with Crippen molar-refractivity contribution in [3.05, 3.63) is 29.2 Å². The molecule has 0 saturated carbocycles. The number of rotatable bonds is 5. The molecule has 4 rings (SSSR count). The molecule has 1 amide bonds. The second-order valence-electron chi connectivity index (χ2n) is 6.18. The topological polar surface area (TPSA) is 70.1 Å². The standard InChI is InChI=1S/C18H19ClN2O5S/c1-23-13-5-4-12(19)16-15(13)20-18(27-16)21(9-11-3-2-6-25-11)17(22)14-10-24-7-8-26-14/h4-5,10-11H,2-3,6-9H2,1H3. The zero-order valence-corrected chi connectivity index (χ0v) is 16.3. The van der Waals surface area contributed by atoms with Crippen LogP contribution in [0.5, 0.6) is 5.75 Å². The highest BCUT2D eigenvalue weighted by Crippen LogP contribution is 2.39. The molecular weight excluding hydrogens is 392 g/mol. The number of anilines is 1. The number of amides is 1. The molecule has 2 aliphatic heterocycles. The molecule has 1 unspecified atom stereocenters. The summed E-state index contributed by atoms with van der Waals surface area (Å²) in [5, 5.41) is 1.09. The van der Waals surface area contributed by atoms with Crippen molar-refractivity contribution in [3.63, 3.8) is 0 Å². The van der Waals surface area contributed by atoms with Gasteiger partial charge in [-0.05, 0) is 25.0 Å². The van der Waals surface area contributed by atoms with Gasteiger partial charge in [0.05, 0.1) is 29.5 Å². The Morgan fingerprint density at radius 1 is 1.41 bits per heavy atom. The number of benzene rings is 1. The van der Waals surface area contributed by atoms with E-state index in [9.17, 15) is 4.79 Å². The molecule has 0 aliphatic carbocycles. The van der Waals surface area contributed by atoms with Crippen molar-refractivity contribution in [2.24, 2.45) is 0 Å². The average molecular weight is 411 g/mol. The Kier molecular flexibility index (Phi) is 5.38. The fourth-order valence-corrected chi connectivity index (χ4v) is 4.34. The quantitative estimate of drug-likeness (QED) is 0.752. The molecule has 0 spiro atoms. The zero-order valence-electron chi connectivity index (χ0n) is 14.8. The molecule has 1 saturated heterocycles. The predicted octanol–water partition coefficient (Wildman–Crippen LogP) is 3.36. The van der Waals surface area contributed by atoms with E-state index in [0.717, 1.165) is 17.5 Å². The number of thiazole rings is 1. The summed E-state index contributed by atoms with van der Waals surface area (Å²) in [4.78, 5) is 19.3. The molecule has 9 heteroatoms. The van der Waals surface area contributed by atoms with Crippen LogP contribution >= 0.6 is 22.9 Å². The van der Waals surface area contributed by atoms with Crippen molar-refractivity contribution in [1.82, 2.24) is 4.98 Å². The number of carbonyl (C=O) groups excluding carboxylic acids is 1. The van der Waals surface area contributed by atoms with Gasteiger partial charge in [-0.2, -0.15) is 0 Å². The molecule has 0 N–H and O–H groups in total. The lowest BCUT2D eigenvalue weighted by Gasteiger charge is -2.25. The van der Waals surface area contributed by atoms with Gasteiger partial charge < -0.3 is 18.9 Å². The summed E-state index contributed by atoms with van der Waals surface area (Å²) in [7, 11) is 1.58. The zero-order chi connectivity index (χ0) is 18.8. The van der Waals surface area contributed by atoms with Gasteiger partial charge in [-0.3, -0.25) is 9.69 Å². The summed E-state index contributed by atoms with van der Waals surface area (Å²) in [6.45, 7) is 1.86. The third-order valence-corrected chi connectivity index (χ3v) is 5.95. The summed E-state index contributed by atoms with van der Waals surface area (Å²) in [6, 6.07) is 3.53. The normalized spacial score (nSPS) is 19.3. The Morgan fingerprint density at radius 2 is 2.30 bits per heavy atom. The number of hydrogen-bond acceptors (Lipinski definition) is 7. The van der Waals surface area contributed by atoms with Crippen molar-refractivity contribution < 1.29 is 23.7 Å². The number of ether oxygens (including phenoxy) is 4. The molecule has 0 bridgehead atoms. The molecule has 144 valence electrons. The van der Waals surface area contributed by atoms with Crippen molar-refractivity contribution in [2.45, 2.75) is 18.9 Å². The van der Waals surface area contributed by atoms with Gasteiger partial charge in [0.2, 0.25) is 5.76 Å². The second-order valence-corrected chi connectivity index (χ2v) is 7.56. The number of halogens is 1. The SMILES string of the molecule is COc1ccc(Cl)c2sc(N(CC3CCCO3)C(=O)C3=COCCO3)nc12. The molecule has 27 heavy (non-hydrogen) atoms. The first-order valence-corrected chi connectivity index (χ1v) is 9.88. The van der Waals surface area contributed by atoms with Gasteiger partial charge >= 0.3 is 0 Å². The average Bonchev–Trinajstić information content (AvgIpc) is 3.37. The first-order valence-electron chi connectivity index (χ1n) is 8.68. The highest BCUT2D eigenvalue weighted by molar-refractivity contribution is 7.23. The van der Waals surface area contributed by atoms with Crippen LogP contribution in [0.1, 0.15) is 12.8 Å². The van der Waals surface area contributed by atoms with Crippen molar-refractivity contribution in [2.75, 3.05) is 38.4 Å².